The Morgan fingerprint density at radius 2 is 1.92 bits per heavy atom. The summed E-state index contributed by atoms with van der Waals surface area (Å²) in [6.07, 6.45) is -1.40. The van der Waals surface area contributed by atoms with E-state index in [9.17, 15) is 4.79 Å². The van der Waals surface area contributed by atoms with Crippen molar-refractivity contribution >= 4 is 6.16 Å². The predicted octanol–water partition coefficient (Wildman–Crippen LogP) is 1.15. The maximum atomic E-state index is 10.1. The minimum atomic E-state index is -1.40. The normalized spacial score (nSPS) is 9.50. The molecule has 64 valence electrons. The minimum Gasteiger partial charge on any atom is -0.449 e. The van der Waals surface area contributed by atoms with Gasteiger partial charge in [-0.2, -0.15) is 0 Å². The van der Waals surface area contributed by atoms with Crippen LogP contribution in [0.4, 0.5) is 4.79 Å². The number of aryl methyl sites for hydroxylation is 2. The summed E-state index contributed by atoms with van der Waals surface area (Å²) in [6.45, 7) is 3.48. The summed E-state index contributed by atoms with van der Waals surface area (Å²) in [5.41, 5.74) is 1.36. The molecule has 0 aliphatic heterocycles. The Labute approximate surface area is 69.0 Å². The van der Waals surface area contributed by atoms with Crippen molar-refractivity contribution in [1.82, 2.24) is 9.97 Å². The fourth-order valence-corrected chi connectivity index (χ4v) is 0.817. The van der Waals surface area contributed by atoms with E-state index in [1.807, 2.05) is 0 Å². The van der Waals surface area contributed by atoms with E-state index in [2.05, 4.69) is 14.7 Å². The van der Waals surface area contributed by atoms with Crippen molar-refractivity contribution in [2.45, 2.75) is 13.8 Å². The number of rotatable bonds is 1. The number of carbonyl (C=O) groups is 1. The molecule has 1 aromatic rings. The van der Waals surface area contributed by atoms with Gasteiger partial charge in [-0.05, 0) is 19.9 Å². The van der Waals surface area contributed by atoms with Gasteiger partial charge in [0.2, 0.25) is 0 Å². The maximum Gasteiger partial charge on any atom is 0.513 e. The molecule has 1 aromatic heterocycles. The predicted molar refractivity (Wildman–Crippen MR) is 40.2 cm³/mol. The van der Waals surface area contributed by atoms with E-state index < -0.39 is 6.16 Å². The second-order valence-corrected chi connectivity index (χ2v) is 2.30. The van der Waals surface area contributed by atoms with Crippen LogP contribution in [0.2, 0.25) is 0 Å². The number of ether oxygens (including phenoxy) is 1. The number of hydrogen-bond donors (Lipinski definition) is 1. The summed E-state index contributed by atoms with van der Waals surface area (Å²) >= 11 is 0. The van der Waals surface area contributed by atoms with Crippen LogP contribution in [0.15, 0.2) is 6.07 Å². The second-order valence-electron chi connectivity index (χ2n) is 2.30. The monoisotopic (exact) mass is 168 g/mol. The van der Waals surface area contributed by atoms with E-state index in [4.69, 9.17) is 5.11 Å². The van der Waals surface area contributed by atoms with Gasteiger partial charge in [0, 0.05) is 11.4 Å². The van der Waals surface area contributed by atoms with Crippen LogP contribution >= 0.6 is 0 Å². The zero-order valence-corrected chi connectivity index (χ0v) is 6.74. The Kier molecular flexibility index (Phi) is 2.23. The Morgan fingerprint density at radius 1 is 1.42 bits per heavy atom. The first-order valence-electron chi connectivity index (χ1n) is 3.31. The zero-order chi connectivity index (χ0) is 9.14. The molecule has 1 N–H and O–H groups in total. The van der Waals surface area contributed by atoms with Gasteiger partial charge in [0.15, 0.2) is 0 Å². The number of nitrogens with zero attached hydrogens (tertiary/aromatic N) is 2. The van der Waals surface area contributed by atoms with E-state index in [1.54, 1.807) is 19.9 Å². The van der Waals surface area contributed by atoms with Gasteiger partial charge >= 0.3 is 12.2 Å². The Hall–Kier alpha value is -1.65. The van der Waals surface area contributed by atoms with Crippen molar-refractivity contribution in [2.24, 2.45) is 0 Å². The lowest BCUT2D eigenvalue weighted by atomic mass is 10.4. The van der Waals surface area contributed by atoms with Crippen LogP contribution < -0.4 is 4.74 Å². The quantitative estimate of drug-likeness (QED) is 0.637. The van der Waals surface area contributed by atoms with Crippen molar-refractivity contribution < 1.29 is 14.6 Å². The summed E-state index contributed by atoms with van der Waals surface area (Å²) in [5.74, 6) is 0. The third kappa shape index (κ3) is 2.19. The average molecular weight is 168 g/mol. The van der Waals surface area contributed by atoms with Crippen LogP contribution in [0.25, 0.3) is 0 Å². The van der Waals surface area contributed by atoms with Gasteiger partial charge in [-0.3, -0.25) is 0 Å². The van der Waals surface area contributed by atoms with Crippen molar-refractivity contribution in [3.05, 3.63) is 17.5 Å². The molecule has 0 amide bonds. The van der Waals surface area contributed by atoms with Crippen molar-refractivity contribution in [3.63, 3.8) is 0 Å². The van der Waals surface area contributed by atoms with Crippen molar-refractivity contribution in [2.75, 3.05) is 0 Å². The molecular formula is C7H8N2O3. The lowest BCUT2D eigenvalue weighted by molar-refractivity contribution is 0.140. The Morgan fingerprint density at radius 3 is 2.33 bits per heavy atom. The molecule has 5 heteroatoms. The largest absolute Gasteiger partial charge is 0.513 e. The summed E-state index contributed by atoms with van der Waals surface area (Å²) in [7, 11) is 0. The second kappa shape index (κ2) is 3.17. The summed E-state index contributed by atoms with van der Waals surface area (Å²) in [5, 5.41) is 8.25. The van der Waals surface area contributed by atoms with E-state index in [0.717, 1.165) is 0 Å². The fraction of sp³-hybridized carbons (Fsp3) is 0.286. The molecule has 0 saturated carbocycles. The summed E-state index contributed by atoms with van der Waals surface area (Å²) < 4.78 is 4.27. The number of aromatic nitrogens is 2. The topological polar surface area (TPSA) is 72.3 Å². The summed E-state index contributed by atoms with van der Waals surface area (Å²) in [6, 6.07) is 1.61. The lowest BCUT2D eigenvalue weighted by Gasteiger charge is -1.99. The molecule has 0 saturated heterocycles. The highest BCUT2D eigenvalue weighted by Crippen LogP contribution is 2.05. The van der Waals surface area contributed by atoms with Gasteiger partial charge in [-0.25, -0.2) is 14.8 Å². The highest BCUT2D eigenvalue weighted by Gasteiger charge is 2.04. The lowest BCUT2D eigenvalue weighted by Crippen LogP contribution is -2.07. The highest BCUT2D eigenvalue weighted by molar-refractivity contribution is 5.59. The first-order valence-corrected chi connectivity index (χ1v) is 3.31. The van der Waals surface area contributed by atoms with Crippen molar-refractivity contribution in [3.8, 4) is 6.01 Å². The van der Waals surface area contributed by atoms with Gasteiger partial charge in [0.25, 0.3) is 0 Å². The van der Waals surface area contributed by atoms with Crippen LogP contribution in [0, 0.1) is 13.8 Å². The van der Waals surface area contributed by atoms with E-state index in [0.29, 0.717) is 11.4 Å². The molecule has 0 aliphatic carbocycles. The summed E-state index contributed by atoms with van der Waals surface area (Å²) in [4.78, 5) is 17.6. The smallest absolute Gasteiger partial charge is 0.449 e. The van der Waals surface area contributed by atoms with Gasteiger partial charge < -0.3 is 9.84 Å². The maximum absolute atomic E-state index is 10.1. The molecular weight excluding hydrogens is 160 g/mol. The van der Waals surface area contributed by atoms with Gasteiger partial charge in [-0.1, -0.05) is 0 Å². The number of carboxylic acid groups (broad SMARTS) is 1. The molecule has 0 atom stereocenters. The van der Waals surface area contributed by atoms with Crippen LogP contribution in [-0.4, -0.2) is 21.2 Å². The van der Waals surface area contributed by atoms with Crippen LogP contribution in [0.1, 0.15) is 11.4 Å². The van der Waals surface area contributed by atoms with Crippen molar-refractivity contribution in [1.29, 1.82) is 0 Å². The SMILES string of the molecule is Cc1cc(C)nc(OC(=O)O)n1. The van der Waals surface area contributed by atoms with Crippen LogP contribution in [0.3, 0.4) is 0 Å². The van der Waals surface area contributed by atoms with Gasteiger partial charge in [0.1, 0.15) is 0 Å². The van der Waals surface area contributed by atoms with E-state index >= 15 is 0 Å². The fourth-order valence-electron chi connectivity index (χ4n) is 0.817. The molecule has 0 spiro atoms. The average Bonchev–Trinajstić information content (AvgIpc) is 1.81. The molecule has 1 heterocycles. The molecule has 0 radical (unpaired) electrons. The van der Waals surface area contributed by atoms with Crippen LogP contribution in [0.5, 0.6) is 6.01 Å². The first-order chi connectivity index (χ1) is 5.58. The third-order valence-corrected chi connectivity index (χ3v) is 1.14. The third-order valence-electron chi connectivity index (χ3n) is 1.14. The minimum absolute atomic E-state index is 0.125. The molecule has 0 bridgehead atoms. The first kappa shape index (κ1) is 8.45. The van der Waals surface area contributed by atoms with E-state index in [1.165, 1.54) is 0 Å². The number of hydrogen-bond acceptors (Lipinski definition) is 4. The van der Waals surface area contributed by atoms with E-state index in [-0.39, 0.29) is 6.01 Å². The van der Waals surface area contributed by atoms with Gasteiger partial charge in [0.05, 0.1) is 0 Å². The molecule has 0 unspecified atom stereocenters. The Balaban J connectivity index is 2.93. The molecule has 12 heavy (non-hydrogen) atoms. The highest BCUT2D eigenvalue weighted by atomic mass is 16.7. The molecule has 0 aliphatic rings. The standard InChI is InChI=1S/C7H8N2O3/c1-4-3-5(2)9-6(8-4)12-7(10)11/h3H,1-2H3,(H,10,11). The molecule has 0 aromatic carbocycles. The van der Waals surface area contributed by atoms with Gasteiger partial charge in [-0.15, -0.1) is 0 Å². The Bertz CT molecular complexity index is 291. The zero-order valence-electron chi connectivity index (χ0n) is 6.74. The molecule has 1 rings (SSSR count). The van der Waals surface area contributed by atoms with Crippen LogP contribution in [-0.2, 0) is 0 Å². The molecule has 5 nitrogen and oxygen atoms in total. The molecule has 0 fully saturated rings.